The van der Waals surface area contributed by atoms with Gasteiger partial charge in [-0.15, -0.1) is 0 Å². The van der Waals surface area contributed by atoms with Crippen LogP contribution in [0.1, 0.15) is 28.2 Å². The topological polar surface area (TPSA) is 41.4 Å². The predicted octanol–water partition coefficient (Wildman–Crippen LogP) is 5.14. The smallest absolute Gasteiger partial charge is 0.164 e. The number of carbonyl (C=O) groups excluding carboxylic acids is 1. The number of ketones is 1. The van der Waals surface area contributed by atoms with E-state index in [1.54, 1.807) is 0 Å². The molecule has 1 fully saturated rings. The van der Waals surface area contributed by atoms with E-state index in [0.29, 0.717) is 13.0 Å². The third kappa shape index (κ3) is 5.94. The van der Waals surface area contributed by atoms with Crippen molar-refractivity contribution >= 4 is 22.9 Å². The fourth-order valence-electron chi connectivity index (χ4n) is 4.71. The number of benzene rings is 3. The van der Waals surface area contributed by atoms with Crippen LogP contribution < -0.4 is 0 Å². The number of aromatic nitrogens is 2. The highest BCUT2D eigenvalue weighted by atomic mass is 16.1. The summed E-state index contributed by atoms with van der Waals surface area (Å²) >= 11 is 0. The van der Waals surface area contributed by atoms with Crippen LogP contribution >= 0.6 is 0 Å². The third-order valence-corrected chi connectivity index (χ3v) is 6.70. The van der Waals surface area contributed by atoms with Crippen molar-refractivity contribution < 1.29 is 4.79 Å². The van der Waals surface area contributed by atoms with Gasteiger partial charge in [-0.3, -0.25) is 14.6 Å². The van der Waals surface area contributed by atoms with Crippen LogP contribution in [0.25, 0.3) is 17.1 Å². The van der Waals surface area contributed by atoms with Gasteiger partial charge in [-0.2, -0.15) is 0 Å². The highest BCUT2D eigenvalue weighted by Gasteiger charge is 2.20. The average Bonchev–Trinajstić information content (AvgIpc) is 3.26. The van der Waals surface area contributed by atoms with E-state index in [2.05, 4.69) is 62.9 Å². The second kappa shape index (κ2) is 11.3. The molecule has 0 spiro atoms. The largest absolute Gasteiger partial charge is 0.326 e. The van der Waals surface area contributed by atoms with Gasteiger partial charge < -0.3 is 4.57 Å². The number of rotatable bonds is 9. The number of piperazine rings is 1. The van der Waals surface area contributed by atoms with Gasteiger partial charge in [0.1, 0.15) is 5.82 Å². The molecule has 1 saturated heterocycles. The molecule has 0 N–H and O–H groups in total. The Balaban J connectivity index is 1.20. The molecule has 5 rings (SSSR count). The molecule has 0 aliphatic carbocycles. The molecule has 0 radical (unpaired) electrons. The van der Waals surface area contributed by atoms with E-state index < -0.39 is 0 Å². The third-order valence-electron chi connectivity index (χ3n) is 6.70. The Morgan fingerprint density at radius 2 is 1.46 bits per heavy atom. The lowest BCUT2D eigenvalue weighted by Gasteiger charge is -2.34. The molecule has 1 aromatic heterocycles. The SMILES string of the molecule is O=C(CCn1c(CN2CCN(C/C=C/c3ccccc3)CC2)nc2ccccc21)c1ccccc1. The van der Waals surface area contributed by atoms with E-state index >= 15 is 0 Å². The van der Waals surface area contributed by atoms with E-state index in [-0.39, 0.29) is 5.78 Å². The van der Waals surface area contributed by atoms with E-state index in [9.17, 15) is 4.79 Å². The van der Waals surface area contributed by atoms with Crippen LogP contribution in [0.3, 0.4) is 0 Å². The van der Waals surface area contributed by atoms with E-state index in [1.165, 1.54) is 5.56 Å². The molecule has 2 heterocycles. The number of fused-ring (bicyclic) bond motifs is 1. The van der Waals surface area contributed by atoms with Gasteiger partial charge in [-0.1, -0.05) is 84.9 Å². The van der Waals surface area contributed by atoms with Gasteiger partial charge in [0, 0.05) is 51.3 Å². The first-order chi connectivity index (χ1) is 17.3. The number of Topliss-reactive ketones (excluding diaryl/α,β-unsaturated/α-hetero) is 1. The van der Waals surface area contributed by atoms with Crippen molar-refractivity contribution in [3.63, 3.8) is 0 Å². The van der Waals surface area contributed by atoms with Crippen molar-refractivity contribution in [1.29, 1.82) is 0 Å². The number of para-hydroxylation sites is 2. The van der Waals surface area contributed by atoms with Crippen LogP contribution in [-0.4, -0.2) is 57.9 Å². The lowest BCUT2D eigenvalue weighted by molar-refractivity contribution is 0.0976. The standard InChI is InChI=1S/C30H32N4O/c35-29(26-13-5-2-6-14-26)17-19-34-28-16-8-7-15-27(28)31-30(34)24-33-22-20-32(21-23-33)18-9-12-25-10-3-1-4-11-25/h1-16H,17-24H2/b12-9+. The minimum atomic E-state index is 0.173. The van der Waals surface area contributed by atoms with Gasteiger partial charge in [-0.05, 0) is 17.7 Å². The van der Waals surface area contributed by atoms with Crippen LogP contribution in [0.5, 0.6) is 0 Å². The second-order valence-electron chi connectivity index (χ2n) is 9.10. The zero-order chi connectivity index (χ0) is 23.9. The number of hydrogen-bond donors (Lipinski definition) is 0. The molecular formula is C30H32N4O. The number of imidazole rings is 1. The van der Waals surface area contributed by atoms with Gasteiger partial charge in [0.05, 0.1) is 17.6 Å². The van der Waals surface area contributed by atoms with Crippen molar-refractivity contribution in [3.8, 4) is 0 Å². The van der Waals surface area contributed by atoms with E-state index in [4.69, 9.17) is 4.98 Å². The van der Waals surface area contributed by atoms with E-state index in [1.807, 2.05) is 48.5 Å². The maximum Gasteiger partial charge on any atom is 0.164 e. The van der Waals surface area contributed by atoms with Crippen LogP contribution in [-0.2, 0) is 13.1 Å². The van der Waals surface area contributed by atoms with E-state index in [0.717, 1.165) is 61.7 Å². The molecule has 0 atom stereocenters. The summed E-state index contributed by atoms with van der Waals surface area (Å²) in [5.41, 5.74) is 4.12. The Labute approximate surface area is 207 Å². The average molecular weight is 465 g/mol. The summed E-state index contributed by atoms with van der Waals surface area (Å²) in [6, 6.07) is 28.3. The van der Waals surface area contributed by atoms with Crippen LogP contribution in [0.15, 0.2) is 91.0 Å². The number of nitrogens with zero attached hydrogens (tertiary/aromatic N) is 4. The van der Waals surface area contributed by atoms with Gasteiger partial charge in [0.25, 0.3) is 0 Å². The molecule has 5 nitrogen and oxygen atoms in total. The summed E-state index contributed by atoms with van der Waals surface area (Å²) < 4.78 is 2.24. The Morgan fingerprint density at radius 1 is 0.800 bits per heavy atom. The number of aryl methyl sites for hydroxylation is 1. The lowest BCUT2D eigenvalue weighted by Crippen LogP contribution is -2.46. The molecule has 1 aliphatic heterocycles. The molecule has 3 aromatic carbocycles. The van der Waals surface area contributed by atoms with Crippen LogP contribution in [0, 0.1) is 0 Å². The summed E-state index contributed by atoms with van der Waals surface area (Å²) in [5, 5.41) is 0. The van der Waals surface area contributed by atoms with Crippen LogP contribution in [0.2, 0.25) is 0 Å². The molecule has 0 bridgehead atoms. The summed E-state index contributed by atoms with van der Waals surface area (Å²) in [6.07, 6.45) is 4.93. The molecule has 5 heteroatoms. The summed E-state index contributed by atoms with van der Waals surface area (Å²) in [6.45, 7) is 6.56. The fourth-order valence-corrected chi connectivity index (χ4v) is 4.71. The Hall–Kier alpha value is -3.54. The first kappa shape index (κ1) is 23.2. The minimum absolute atomic E-state index is 0.173. The molecule has 178 valence electrons. The van der Waals surface area contributed by atoms with Gasteiger partial charge in [-0.25, -0.2) is 4.98 Å². The highest BCUT2D eigenvalue weighted by Crippen LogP contribution is 2.19. The van der Waals surface area contributed by atoms with Crippen molar-refractivity contribution in [2.24, 2.45) is 0 Å². The predicted molar refractivity (Wildman–Crippen MR) is 142 cm³/mol. The maximum atomic E-state index is 12.7. The van der Waals surface area contributed by atoms with Crippen molar-refractivity contribution in [1.82, 2.24) is 19.4 Å². The van der Waals surface area contributed by atoms with Crippen molar-refractivity contribution in [3.05, 3.63) is 108 Å². The van der Waals surface area contributed by atoms with Crippen molar-refractivity contribution in [2.45, 2.75) is 19.5 Å². The molecule has 1 aliphatic rings. The molecule has 0 saturated carbocycles. The summed E-state index contributed by atoms with van der Waals surface area (Å²) in [5.74, 6) is 1.22. The normalized spacial score (nSPS) is 15.2. The zero-order valence-electron chi connectivity index (χ0n) is 20.1. The number of carbonyl (C=O) groups is 1. The first-order valence-electron chi connectivity index (χ1n) is 12.4. The molecule has 0 unspecified atom stereocenters. The van der Waals surface area contributed by atoms with Gasteiger partial charge in [0.15, 0.2) is 5.78 Å². The first-order valence-corrected chi connectivity index (χ1v) is 12.4. The zero-order valence-corrected chi connectivity index (χ0v) is 20.1. The number of hydrogen-bond acceptors (Lipinski definition) is 4. The Morgan fingerprint density at radius 3 is 2.23 bits per heavy atom. The molecule has 35 heavy (non-hydrogen) atoms. The monoisotopic (exact) mass is 464 g/mol. The quantitative estimate of drug-likeness (QED) is 0.322. The highest BCUT2D eigenvalue weighted by molar-refractivity contribution is 5.96. The lowest BCUT2D eigenvalue weighted by atomic mass is 10.1. The summed E-state index contributed by atoms with van der Waals surface area (Å²) in [4.78, 5) is 22.7. The second-order valence-corrected chi connectivity index (χ2v) is 9.10. The molecule has 0 amide bonds. The van der Waals surface area contributed by atoms with Crippen molar-refractivity contribution in [2.75, 3.05) is 32.7 Å². The van der Waals surface area contributed by atoms with Crippen LogP contribution in [0.4, 0.5) is 0 Å². The van der Waals surface area contributed by atoms with Gasteiger partial charge in [0.2, 0.25) is 0 Å². The fraction of sp³-hybridized carbons (Fsp3) is 0.267. The molecular weight excluding hydrogens is 432 g/mol. The summed E-state index contributed by atoms with van der Waals surface area (Å²) in [7, 11) is 0. The Bertz CT molecular complexity index is 1270. The maximum absolute atomic E-state index is 12.7. The minimum Gasteiger partial charge on any atom is -0.326 e. The molecule has 4 aromatic rings. The van der Waals surface area contributed by atoms with Gasteiger partial charge >= 0.3 is 0 Å². The Kier molecular flexibility index (Phi) is 7.47.